The lowest BCUT2D eigenvalue weighted by atomic mass is 10.1. The number of anilines is 3. The summed E-state index contributed by atoms with van der Waals surface area (Å²) in [5.41, 5.74) is 3.32. The zero-order valence-corrected chi connectivity index (χ0v) is 12.7. The molecule has 1 aromatic heterocycles. The van der Waals surface area contributed by atoms with Crippen molar-refractivity contribution in [3.05, 3.63) is 41.5 Å². The van der Waals surface area contributed by atoms with Crippen LogP contribution in [0.25, 0.3) is 0 Å². The largest absolute Gasteiger partial charge is 0.339 e. The Morgan fingerprint density at radius 1 is 1.09 bits per heavy atom. The lowest BCUT2D eigenvalue weighted by Crippen LogP contribution is -2.30. The van der Waals surface area contributed by atoms with Gasteiger partial charge >= 0.3 is 6.03 Å². The summed E-state index contributed by atoms with van der Waals surface area (Å²) < 4.78 is 0. The van der Waals surface area contributed by atoms with E-state index in [9.17, 15) is 4.79 Å². The molecule has 1 fully saturated rings. The Bertz CT molecular complexity index is 679. The first-order chi connectivity index (χ1) is 10.6. The van der Waals surface area contributed by atoms with Crippen LogP contribution in [0.5, 0.6) is 0 Å². The Morgan fingerprint density at radius 2 is 1.82 bits per heavy atom. The molecule has 0 spiro atoms. The predicted octanol–water partition coefficient (Wildman–Crippen LogP) is 3.12. The minimum absolute atomic E-state index is 0.230. The molecule has 2 amide bonds. The minimum Gasteiger partial charge on any atom is -0.339 e. The summed E-state index contributed by atoms with van der Waals surface area (Å²) in [6.45, 7) is 4.08. The number of amides is 2. The highest BCUT2D eigenvalue weighted by atomic mass is 16.2. The number of nitrogens with one attached hydrogen (secondary N) is 3. The number of rotatable bonds is 4. The van der Waals surface area contributed by atoms with Gasteiger partial charge in [-0.1, -0.05) is 12.1 Å². The van der Waals surface area contributed by atoms with Gasteiger partial charge in [0, 0.05) is 11.7 Å². The van der Waals surface area contributed by atoms with E-state index in [0.29, 0.717) is 17.7 Å². The number of nitrogens with zero attached hydrogens (tertiary/aromatic N) is 2. The number of carbonyl (C=O) groups is 1. The van der Waals surface area contributed by atoms with Gasteiger partial charge in [-0.05, 0) is 56.0 Å². The van der Waals surface area contributed by atoms with Gasteiger partial charge in [0.1, 0.15) is 0 Å². The number of aryl methyl sites for hydroxylation is 2. The summed E-state index contributed by atoms with van der Waals surface area (Å²) >= 11 is 0. The van der Waals surface area contributed by atoms with E-state index in [4.69, 9.17) is 0 Å². The van der Waals surface area contributed by atoms with Gasteiger partial charge in [0.25, 0.3) is 0 Å². The Hall–Kier alpha value is -2.63. The average Bonchev–Trinajstić information content (AvgIpc) is 3.29. The van der Waals surface area contributed by atoms with E-state index in [1.807, 2.05) is 13.8 Å². The van der Waals surface area contributed by atoms with Gasteiger partial charge in [0.05, 0.1) is 0 Å². The molecule has 1 aromatic carbocycles. The van der Waals surface area contributed by atoms with Crippen molar-refractivity contribution in [2.75, 3.05) is 10.6 Å². The second-order valence-corrected chi connectivity index (χ2v) is 5.62. The molecule has 3 N–H and O–H groups in total. The van der Waals surface area contributed by atoms with Gasteiger partial charge in [-0.25, -0.2) is 4.79 Å². The zero-order chi connectivity index (χ0) is 15.5. The molecule has 0 radical (unpaired) electrons. The molecule has 1 saturated carbocycles. The number of urea groups is 1. The molecule has 6 heteroatoms. The Balaban J connectivity index is 1.63. The third-order valence-corrected chi connectivity index (χ3v) is 3.47. The summed E-state index contributed by atoms with van der Waals surface area (Å²) in [6.07, 6.45) is 2.11. The summed E-state index contributed by atoms with van der Waals surface area (Å²) in [5, 5.41) is 16.8. The maximum atomic E-state index is 11.6. The average molecular weight is 297 g/mol. The molecule has 6 nitrogen and oxygen atoms in total. The van der Waals surface area contributed by atoms with Gasteiger partial charge in [-0.3, -0.25) is 5.32 Å². The fraction of sp³-hybridized carbons (Fsp3) is 0.312. The van der Waals surface area contributed by atoms with E-state index in [-0.39, 0.29) is 6.03 Å². The number of benzene rings is 1. The lowest BCUT2D eigenvalue weighted by Gasteiger charge is -2.10. The van der Waals surface area contributed by atoms with Crippen molar-refractivity contribution in [1.29, 1.82) is 0 Å². The molecule has 0 aliphatic heterocycles. The monoisotopic (exact) mass is 297 g/mol. The second-order valence-electron chi connectivity index (χ2n) is 5.62. The molecule has 0 saturated heterocycles. The van der Waals surface area contributed by atoms with Gasteiger partial charge in [0.15, 0.2) is 11.6 Å². The molecule has 0 bridgehead atoms. The molecule has 1 heterocycles. The predicted molar refractivity (Wildman–Crippen MR) is 86.4 cm³/mol. The molecule has 3 rings (SSSR count). The van der Waals surface area contributed by atoms with Crippen LogP contribution < -0.4 is 16.0 Å². The highest BCUT2D eigenvalue weighted by Gasteiger charge is 2.23. The third kappa shape index (κ3) is 3.72. The van der Waals surface area contributed by atoms with Crippen molar-refractivity contribution in [2.45, 2.75) is 32.7 Å². The molecule has 114 valence electrons. The Morgan fingerprint density at radius 3 is 2.50 bits per heavy atom. The van der Waals surface area contributed by atoms with E-state index in [0.717, 1.165) is 24.1 Å². The normalized spacial score (nSPS) is 13.5. The molecule has 0 unspecified atom stereocenters. The number of aromatic nitrogens is 2. The van der Waals surface area contributed by atoms with Crippen molar-refractivity contribution in [3.8, 4) is 0 Å². The highest BCUT2D eigenvalue weighted by molar-refractivity contribution is 5.88. The van der Waals surface area contributed by atoms with Crippen LogP contribution in [0.15, 0.2) is 30.3 Å². The number of hydrogen-bond donors (Lipinski definition) is 3. The van der Waals surface area contributed by atoms with Crippen molar-refractivity contribution in [2.24, 2.45) is 0 Å². The van der Waals surface area contributed by atoms with E-state index < -0.39 is 0 Å². The van der Waals surface area contributed by atoms with Crippen molar-refractivity contribution < 1.29 is 4.79 Å². The minimum atomic E-state index is -0.230. The standard InChI is InChI=1S/C16H19N5O/c1-10-3-4-11(2)13(9-10)18-14-7-8-15(21-20-14)19-16(22)17-12-5-6-12/h3-4,7-9,12H,5-6H2,1-2H3,(H,18,20)(H2,17,19,21,22). The summed E-state index contributed by atoms with van der Waals surface area (Å²) in [7, 11) is 0. The Labute approximate surface area is 129 Å². The molecule has 0 atom stereocenters. The fourth-order valence-corrected chi connectivity index (χ4v) is 2.04. The van der Waals surface area contributed by atoms with Gasteiger partial charge in [0.2, 0.25) is 0 Å². The molecule has 2 aromatic rings. The summed E-state index contributed by atoms with van der Waals surface area (Å²) in [4.78, 5) is 11.6. The maximum absolute atomic E-state index is 11.6. The Kier molecular flexibility index (Phi) is 3.91. The quantitative estimate of drug-likeness (QED) is 0.810. The number of carbonyl (C=O) groups excluding carboxylic acids is 1. The first-order valence-electron chi connectivity index (χ1n) is 7.36. The molecule has 1 aliphatic carbocycles. The van der Waals surface area contributed by atoms with E-state index in [2.05, 4.69) is 44.3 Å². The van der Waals surface area contributed by atoms with Crippen LogP contribution in [-0.2, 0) is 0 Å². The zero-order valence-electron chi connectivity index (χ0n) is 12.7. The SMILES string of the molecule is Cc1ccc(C)c(Nc2ccc(NC(=O)NC3CC3)nn2)c1. The van der Waals surface area contributed by atoms with Crippen molar-refractivity contribution >= 4 is 23.4 Å². The van der Waals surface area contributed by atoms with Crippen LogP contribution in [0.4, 0.5) is 22.1 Å². The van der Waals surface area contributed by atoms with E-state index >= 15 is 0 Å². The van der Waals surface area contributed by atoms with Crippen LogP contribution in [0, 0.1) is 13.8 Å². The van der Waals surface area contributed by atoms with Crippen molar-refractivity contribution in [3.63, 3.8) is 0 Å². The molecular formula is C16H19N5O. The van der Waals surface area contributed by atoms with E-state index in [1.54, 1.807) is 12.1 Å². The van der Waals surface area contributed by atoms with Crippen LogP contribution >= 0.6 is 0 Å². The molecule has 1 aliphatic rings. The van der Waals surface area contributed by atoms with Gasteiger partial charge in [-0.15, -0.1) is 10.2 Å². The summed E-state index contributed by atoms with van der Waals surface area (Å²) in [6, 6.07) is 9.80. The smallest absolute Gasteiger partial charge is 0.320 e. The second kappa shape index (κ2) is 6.01. The fourth-order valence-electron chi connectivity index (χ4n) is 2.04. The summed E-state index contributed by atoms with van der Waals surface area (Å²) in [5.74, 6) is 1.08. The van der Waals surface area contributed by atoms with Crippen LogP contribution in [0.2, 0.25) is 0 Å². The van der Waals surface area contributed by atoms with Crippen LogP contribution in [0.3, 0.4) is 0 Å². The lowest BCUT2D eigenvalue weighted by molar-refractivity contribution is 0.251. The number of hydrogen-bond acceptors (Lipinski definition) is 4. The highest BCUT2D eigenvalue weighted by Crippen LogP contribution is 2.21. The van der Waals surface area contributed by atoms with Crippen LogP contribution in [0.1, 0.15) is 24.0 Å². The maximum Gasteiger partial charge on any atom is 0.320 e. The van der Waals surface area contributed by atoms with E-state index in [1.165, 1.54) is 5.56 Å². The van der Waals surface area contributed by atoms with Gasteiger partial charge in [-0.2, -0.15) is 0 Å². The molecular weight excluding hydrogens is 278 g/mol. The first-order valence-corrected chi connectivity index (χ1v) is 7.36. The molecule has 22 heavy (non-hydrogen) atoms. The van der Waals surface area contributed by atoms with Crippen LogP contribution in [-0.4, -0.2) is 22.3 Å². The topological polar surface area (TPSA) is 78.9 Å². The van der Waals surface area contributed by atoms with Crippen molar-refractivity contribution in [1.82, 2.24) is 15.5 Å². The first kappa shape index (κ1) is 14.3. The third-order valence-electron chi connectivity index (χ3n) is 3.47. The van der Waals surface area contributed by atoms with Gasteiger partial charge < -0.3 is 10.6 Å².